The number of nitriles is 1. The average molecular weight is 329 g/mol. The molecule has 0 aliphatic carbocycles. The van der Waals surface area contributed by atoms with Crippen molar-refractivity contribution in [1.29, 1.82) is 5.26 Å². The number of nitrogens with zero attached hydrogens (tertiary/aromatic N) is 1. The number of hydrogen-bond acceptors (Lipinski definition) is 2. The SMILES string of the molecule is CCCCCCCOc1ccc(-c2c(F)cc(C#N)cc2F)cc1. The average Bonchev–Trinajstić information content (AvgIpc) is 2.58. The molecular weight excluding hydrogens is 308 g/mol. The minimum atomic E-state index is -0.740. The first-order valence-corrected chi connectivity index (χ1v) is 8.28. The van der Waals surface area contributed by atoms with E-state index in [2.05, 4.69) is 6.92 Å². The third-order valence-corrected chi connectivity index (χ3v) is 3.83. The Morgan fingerprint density at radius 2 is 1.58 bits per heavy atom. The molecule has 0 aliphatic rings. The summed E-state index contributed by atoms with van der Waals surface area (Å²) < 4.78 is 33.7. The maximum absolute atomic E-state index is 14.0. The number of unbranched alkanes of at least 4 members (excludes halogenated alkanes) is 4. The molecule has 0 N–H and O–H groups in total. The Balaban J connectivity index is 1.99. The van der Waals surface area contributed by atoms with Gasteiger partial charge in [0.15, 0.2) is 0 Å². The van der Waals surface area contributed by atoms with Crippen LogP contribution in [0.15, 0.2) is 36.4 Å². The van der Waals surface area contributed by atoms with E-state index >= 15 is 0 Å². The summed E-state index contributed by atoms with van der Waals surface area (Å²) in [4.78, 5) is 0. The summed E-state index contributed by atoms with van der Waals surface area (Å²) in [5, 5.41) is 8.73. The molecule has 0 unspecified atom stereocenters. The Labute approximate surface area is 141 Å². The molecule has 0 atom stereocenters. The third kappa shape index (κ3) is 4.79. The van der Waals surface area contributed by atoms with Crippen LogP contribution in [-0.2, 0) is 0 Å². The molecule has 4 heteroatoms. The summed E-state index contributed by atoms with van der Waals surface area (Å²) in [5.41, 5.74) is 0.265. The van der Waals surface area contributed by atoms with Crippen LogP contribution in [0.25, 0.3) is 11.1 Å². The zero-order chi connectivity index (χ0) is 17.4. The lowest BCUT2D eigenvalue weighted by Gasteiger charge is -2.09. The van der Waals surface area contributed by atoms with Crippen molar-refractivity contribution >= 4 is 0 Å². The van der Waals surface area contributed by atoms with Crippen LogP contribution in [-0.4, -0.2) is 6.61 Å². The van der Waals surface area contributed by atoms with Crippen molar-refractivity contribution in [3.63, 3.8) is 0 Å². The topological polar surface area (TPSA) is 33.0 Å². The maximum Gasteiger partial charge on any atom is 0.135 e. The minimum absolute atomic E-state index is 0.0308. The Morgan fingerprint density at radius 3 is 2.17 bits per heavy atom. The molecule has 24 heavy (non-hydrogen) atoms. The van der Waals surface area contributed by atoms with Gasteiger partial charge in [0.05, 0.1) is 23.8 Å². The van der Waals surface area contributed by atoms with Crippen LogP contribution in [0.1, 0.15) is 44.6 Å². The predicted molar refractivity (Wildman–Crippen MR) is 90.8 cm³/mol. The summed E-state index contributed by atoms with van der Waals surface area (Å²) in [6.07, 6.45) is 5.82. The molecule has 2 nitrogen and oxygen atoms in total. The smallest absolute Gasteiger partial charge is 0.135 e. The van der Waals surface area contributed by atoms with Crippen LogP contribution >= 0.6 is 0 Å². The van der Waals surface area contributed by atoms with Gasteiger partial charge in [-0.25, -0.2) is 8.78 Å². The molecule has 126 valence electrons. The second-order valence-corrected chi connectivity index (χ2v) is 5.71. The lowest BCUT2D eigenvalue weighted by Crippen LogP contribution is -1.97. The van der Waals surface area contributed by atoms with E-state index in [9.17, 15) is 8.78 Å². The lowest BCUT2D eigenvalue weighted by molar-refractivity contribution is 0.304. The van der Waals surface area contributed by atoms with Crippen LogP contribution in [0.2, 0.25) is 0 Å². The van der Waals surface area contributed by atoms with Gasteiger partial charge in [0.25, 0.3) is 0 Å². The van der Waals surface area contributed by atoms with E-state index in [1.807, 2.05) is 0 Å². The fraction of sp³-hybridized carbons (Fsp3) is 0.350. The standard InChI is InChI=1S/C20H21F2NO/c1-2-3-4-5-6-11-24-17-9-7-16(8-10-17)20-18(21)12-15(14-23)13-19(20)22/h7-10,12-13H,2-6,11H2,1H3. The Morgan fingerprint density at radius 1 is 0.958 bits per heavy atom. The molecule has 2 rings (SSSR count). The van der Waals surface area contributed by atoms with E-state index in [0.29, 0.717) is 17.9 Å². The van der Waals surface area contributed by atoms with Gasteiger partial charge in [-0.05, 0) is 36.2 Å². The number of benzene rings is 2. The van der Waals surface area contributed by atoms with Crippen molar-refractivity contribution in [2.45, 2.75) is 39.0 Å². The molecule has 0 aromatic heterocycles. The van der Waals surface area contributed by atoms with E-state index in [4.69, 9.17) is 10.00 Å². The summed E-state index contributed by atoms with van der Waals surface area (Å²) in [6, 6.07) is 10.5. The van der Waals surface area contributed by atoms with Crippen LogP contribution < -0.4 is 4.74 Å². The van der Waals surface area contributed by atoms with Gasteiger partial charge in [-0.15, -0.1) is 0 Å². The van der Waals surface area contributed by atoms with Gasteiger partial charge in [-0.3, -0.25) is 0 Å². The van der Waals surface area contributed by atoms with Crippen LogP contribution in [0.4, 0.5) is 8.78 Å². The number of rotatable bonds is 8. The predicted octanol–water partition coefficient (Wildman–Crippen LogP) is 5.85. The fourth-order valence-corrected chi connectivity index (χ4v) is 2.53. The molecule has 0 radical (unpaired) electrons. The van der Waals surface area contributed by atoms with Crippen molar-refractivity contribution in [2.75, 3.05) is 6.61 Å². The van der Waals surface area contributed by atoms with E-state index in [1.165, 1.54) is 19.3 Å². The second kappa shape index (κ2) is 9.02. The zero-order valence-corrected chi connectivity index (χ0v) is 13.8. The second-order valence-electron chi connectivity index (χ2n) is 5.71. The molecule has 0 saturated heterocycles. The molecule has 0 bridgehead atoms. The summed E-state index contributed by atoms with van der Waals surface area (Å²) in [5.74, 6) is -0.795. The van der Waals surface area contributed by atoms with Gasteiger partial charge in [0.2, 0.25) is 0 Å². The summed E-state index contributed by atoms with van der Waals surface area (Å²) >= 11 is 0. The molecular formula is C20H21F2NO. The van der Waals surface area contributed by atoms with Gasteiger partial charge in [0, 0.05) is 0 Å². The third-order valence-electron chi connectivity index (χ3n) is 3.83. The highest BCUT2D eigenvalue weighted by Gasteiger charge is 2.13. The number of halogens is 2. The first kappa shape index (κ1) is 17.9. The van der Waals surface area contributed by atoms with E-state index < -0.39 is 11.6 Å². The van der Waals surface area contributed by atoms with E-state index in [1.54, 1.807) is 30.3 Å². The Bertz CT molecular complexity index is 682. The molecule has 0 fully saturated rings. The van der Waals surface area contributed by atoms with Crippen molar-refractivity contribution < 1.29 is 13.5 Å². The molecule has 0 heterocycles. The largest absolute Gasteiger partial charge is 0.494 e. The quantitative estimate of drug-likeness (QED) is 0.569. The van der Waals surface area contributed by atoms with Crippen LogP contribution in [0.5, 0.6) is 5.75 Å². The van der Waals surface area contributed by atoms with Crippen molar-refractivity contribution in [3.05, 3.63) is 53.6 Å². The zero-order valence-electron chi connectivity index (χ0n) is 13.8. The fourth-order valence-electron chi connectivity index (χ4n) is 2.53. The van der Waals surface area contributed by atoms with Gasteiger partial charge >= 0.3 is 0 Å². The van der Waals surface area contributed by atoms with Gasteiger partial charge in [0.1, 0.15) is 17.4 Å². The highest BCUT2D eigenvalue weighted by molar-refractivity contribution is 5.66. The first-order chi connectivity index (χ1) is 11.7. The molecule has 0 saturated carbocycles. The molecule has 2 aromatic rings. The number of ether oxygens (including phenoxy) is 1. The normalized spacial score (nSPS) is 10.4. The minimum Gasteiger partial charge on any atom is -0.494 e. The first-order valence-electron chi connectivity index (χ1n) is 8.28. The highest BCUT2D eigenvalue weighted by Crippen LogP contribution is 2.28. The Hall–Kier alpha value is -2.41. The van der Waals surface area contributed by atoms with E-state index in [0.717, 1.165) is 25.0 Å². The summed E-state index contributed by atoms with van der Waals surface area (Å²) in [7, 11) is 0. The molecule has 0 spiro atoms. The molecule has 0 aliphatic heterocycles. The van der Waals surface area contributed by atoms with Crippen molar-refractivity contribution in [2.24, 2.45) is 0 Å². The van der Waals surface area contributed by atoms with Gasteiger partial charge in [-0.1, -0.05) is 44.7 Å². The van der Waals surface area contributed by atoms with Gasteiger partial charge in [-0.2, -0.15) is 5.26 Å². The highest BCUT2D eigenvalue weighted by atomic mass is 19.1. The monoisotopic (exact) mass is 329 g/mol. The van der Waals surface area contributed by atoms with Crippen LogP contribution in [0, 0.1) is 23.0 Å². The molecule has 2 aromatic carbocycles. The van der Waals surface area contributed by atoms with Crippen LogP contribution in [0.3, 0.4) is 0 Å². The lowest BCUT2D eigenvalue weighted by atomic mass is 10.0. The van der Waals surface area contributed by atoms with Crippen molar-refractivity contribution in [1.82, 2.24) is 0 Å². The molecule has 0 amide bonds. The summed E-state index contributed by atoms with van der Waals surface area (Å²) in [6.45, 7) is 2.82. The van der Waals surface area contributed by atoms with Crippen molar-refractivity contribution in [3.8, 4) is 22.9 Å². The Kier molecular flexibility index (Phi) is 6.74. The number of hydrogen-bond donors (Lipinski definition) is 0. The maximum atomic E-state index is 14.0. The van der Waals surface area contributed by atoms with Gasteiger partial charge < -0.3 is 4.74 Å². The van der Waals surface area contributed by atoms with E-state index in [-0.39, 0.29) is 11.1 Å².